The van der Waals surface area contributed by atoms with Crippen LogP contribution in [-0.4, -0.2) is 125 Å². The molecule has 5 aromatic heterocycles. The average molecular weight is 2060 g/mol. The van der Waals surface area contributed by atoms with E-state index in [-0.39, 0.29) is 12.3 Å². The van der Waals surface area contributed by atoms with Gasteiger partial charge in [-0.3, -0.25) is 0 Å². The zero-order valence-corrected chi connectivity index (χ0v) is 92.4. The van der Waals surface area contributed by atoms with Gasteiger partial charge >= 0.3 is 0 Å². The standard InChI is InChI=1S/C29H40N2O.C26H35ClN2O.C25H36F2N2O.C24H36FN3O.C24H37N3O/c1-20(18-31-16-15-30-19-31)26-7-8-27-25-6-5-22-17-29(32,13-9-21-3-4-21)14-11-23(22)24(25)10-12-28(26,27)2;1-18(16-29-14-13-28-17-29)23-5-6-24-22-4-3-19-15-26(30,11-12-27)10-8-20(19)21(22)7-9-25(23,24)2;1-16(14-29-12-11-28-15-29)21-5-6-22-20-4-3-17-13-25(30,23(26)27)10-8-18(17)19(20)7-9-24(21,22)2;1-16(14-28-26-11-12-27-28)21-5-6-22-20-4-3-17-13-24(29,15-25)10-8-18(17)19(20)7-9-23(21,22)2;1-16(15-27-25-12-13-26-27)21-6-7-22-20-5-4-17-14-23(2,28)10-8-18(17)19(20)9-11-24(21,22)3/h15-16,19,21-27,32H,1,3-8,10-12,14,17-18H2,2H3;13-14,17,19-24,30H,1,3-10,15-16H2,2H3;11-12,15,17-23,30H,1,3-10,13-14H2,2H3;11-12,17-22,29H,1,3-10,13-15H2,2H3;12-13,17-22,28H,1,4-11,14-15H2,2-3H3/t22-,23+,24-,25-,26-,27+,28-,29-;19-,20+,21-,22-,23-,24+,25-,26+;17-,18+,19-,20-,21-,22+,24-,25-;2*17-,18+,19-,20-,21-,22+,23-,24-/m11111/s1. The van der Waals surface area contributed by atoms with E-state index in [1.165, 1.54) is 233 Å². The predicted octanol–water partition coefficient (Wildman–Crippen LogP) is 26.9. The number of fused-ring (bicyclic) bond motifs is 25. The van der Waals surface area contributed by atoms with Gasteiger partial charge in [-0.05, 0) is 525 Å². The molecule has 5 aromatic rings. The van der Waals surface area contributed by atoms with E-state index >= 15 is 0 Å². The van der Waals surface area contributed by atoms with Gasteiger partial charge in [0, 0.05) is 68.1 Å². The van der Waals surface area contributed by atoms with Crippen LogP contribution < -0.4 is 0 Å². The Kier molecular flexibility index (Phi) is 30.5. The van der Waals surface area contributed by atoms with Crippen LogP contribution in [0.4, 0.5) is 13.2 Å². The normalized spacial score (nSPS) is 46.0. The molecular weight excluding hydrogens is 1880 g/mol. The van der Waals surface area contributed by atoms with Crippen molar-refractivity contribution in [1.29, 1.82) is 0 Å². The van der Waals surface area contributed by atoms with Crippen LogP contribution in [0.15, 0.2) is 142 Å². The van der Waals surface area contributed by atoms with Gasteiger partial charge in [0.25, 0.3) is 6.43 Å². The van der Waals surface area contributed by atoms with Crippen molar-refractivity contribution >= 4 is 11.6 Å². The minimum Gasteiger partial charge on any atom is -0.390 e. The van der Waals surface area contributed by atoms with Gasteiger partial charge in [-0.2, -0.15) is 30.0 Å². The Labute approximate surface area is 895 Å². The minimum absolute atomic E-state index is 0.279. The topological polar surface area (TPSA) is 216 Å². The first-order valence-corrected chi connectivity index (χ1v) is 60.9. The van der Waals surface area contributed by atoms with E-state index in [1.807, 2.05) is 43.8 Å². The van der Waals surface area contributed by atoms with E-state index in [1.54, 1.807) is 34.4 Å². The SMILES string of the molecule is C=C(Cn1ccnc1)[C@H]1CC[C@H]2[C@@H]3CC[C@@H]4C[C@@](O)(C#CC5CC5)CC[C@@H]4[C@H]3CC[C@]12C.C=C(Cn1ccnc1)[C@H]1CC[C@H]2[C@@H]3CC[C@@H]4C[C@@](O)(C#CCl)CC[C@@H]4[C@H]3CC[C@]12C.C=C(Cn1ccnc1)[C@H]1CC[C@H]2[C@@H]3CC[C@@H]4C[C@@](O)(C(F)F)CC[C@@H]4[C@H]3CC[C@]12C.C=C(Cn1nccn1)[C@H]1CC[C@H]2[C@@H]3CC[C@@H]4C[C@@](O)(CF)CC[C@@H]4[C@H]3CC[C@]12C.C=C(Cn1nccn1)[C@H]1CC[C@H]2[C@@H]3CC[C@@H]4C[C@](C)(O)CC[C@@H]4[C@H]3CC[C@]12C. The molecule has 5 N–H and O–H groups in total. The molecule has 0 saturated heterocycles. The molecule has 5 heterocycles. The number of hydrogen-bond acceptors (Lipinski definition) is 12. The first-order valence-electron chi connectivity index (χ1n) is 60.6. The molecule has 21 aliphatic rings. The number of aromatic nitrogens is 12. The second kappa shape index (κ2) is 42.5. The summed E-state index contributed by atoms with van der Waals surface area (Å²) in [5, 5.41) is 73.1. The van der Waals surface area contributed by atoms with Crippen LogP contribution >= 0.6 is 11.6 Å². The lowest BCUT2D eigenvalue weighted by Gasteiger charge is -2.57. The summed E-state index contributed by atoms with van der Waals surface area (Å²) in [5.74, 6) is 32.3. The molecule has 0 amide bonds. The maximum absolute atomic E-state index is 13.4. The number of alkyl halides is 3. The third kappa shape index (κ3) is 20.6. The van der Waals surface area contributed by atoms with Crippen molar-refractivity contribution in [2.75, 3.05) is 6.67 Å². The Morgan fingerprint density at radius 2 is 0.617 bits per heavy atom. The fourth-order valence-electron chi connectivity index (χ4n) is 42.6. The van der Waals surface area contributed by atoms with Crippen molar-refractivity contribution in [3.8, 4) is 23.1 Å². The monoisotopic (exact) mass is 2060 g/mol. The van der Waals surface area contributed by atoms with Crippen LogP contribution in [-0.2, 0) is 32.7 Å². The van der Waals surface area contributed by atoms with Crippen molar-refractivity contribution < 1.29 is 38.7 Å². The zero-order chi connectivity index (χ0) is 104. The van der Waals surface area contributed by atoms with Gasteiger partial charge in [0.2, 0.25) is 0 Å². The number of aliphatic hydroxyl groups is 5. The lowest BCUT2D eigenvalue weighted by molar-refractivity contribution is -0.158. The number of halogens is 4. The Morgan fingerprint density at radius 1 is 0.322 bits per heavy atom. The van der Waals surface area contributed by atoms with E-state index in [0.717, 1.165) is 210 Å². The molecule has 0 bridgehead atoms. The van der Waals surface area contributed by atoms with Crippen molar-refractivity contribution in [3.63, 3.8) is 0 Å². The molecule has 0 unspecified atom stereocenters. The fourth-order valence-corrected chi connectivity index (χ4v) is 42.7. The Balaban J connectivity index is 0.000000105. The van der Waals surface area contributed by atoms with E-state index in [2.05, 4.69) is 159 Å². The van der Waals surface area contributed by atoms with Gasteiger partial charge < -0.3 is 39.2 Å². The van der Waals surface area contributed by atoms with Gasteiger partial charge in [0.05, 0.1) is 68.1 Å². The Hall–Kier alpha value is -6.39. The van der Waals surface area contributed by atoms with Gasteiger partial charge in [-0.25, -0.2) is 28.1 Å². The number of allylic oxidation sites excluding steroid dienone is 5. The molecule has 21 aliphatic carbocycles. The summed E-state index contributed by atoms with van der Waals surface area (Å²) < 4.78 is 46.7. The number of rotatable bonds is 17. The van der Waals surface area contributed by atoms with Gasteiger partial charge in [-0.15, -0.1) is 0 Å². The van der Waals surface area contributed by atoms with Crippen molar-refractivity contribution in [2.24, 2.45) is 211 Å². The smallest absolute Gasteiger partial charge is 0.266 e. The van der Waals surface area contributed by atoms with Crippen LogP contribution in [0.1, 0.15) is 343 Å². The summed E-state index contributed by atoms with van der Waals surface area (Å²) in [6.45, 7) is 41.1. The van der Waals surface area contributed by atoms with Crippen LogP contribution in [0.2, 0.25) is 0 Å². The molecule has 21 heteroatoms. The largest absolute Gasteiger partial charge is 0.390 e. The third-order valence-electron chi connectivity index (χ3n) is 49.3. The van der Waals surface area contributed by atoms with E-state index in [4.69, 9.17) is 11.6 Å². The Bertz CT molecular complexity index is 5600. The summed E-state index contributed by atoms with van der Waals surface area (Å²) in [4.78, 5) is 16.2. The van der Waals surface area contributed by atoms with Crippen molar-refractivity contribution in [1.82, 2.24) is 58.6 Å². The highest BCUT2D eigenvalue weighted by Crippen LogP contribution is 2.73. The maximum Gasteiger partial charge on any atom is 0.266 e. The van der Waals surface area contributed by atoms with Gasteiger partial charge in [-0.1, -0.05) is 113 Å². The molecule has 40 atom stereocenters. The molecule has 21 fully saturated rings. The number of hydrogen-bond donors (Lipinski definition) is 5. The molecule has 0 spiro atoms. The zero-order valence-electron chi connectivity index (χ0n) is 91.6. The minimum atomic E-state index is -2.61. The molecule has 814 valence electrons. The number of nitrogens with zero attached hydrogens (tertiary/aromatic N) is 12. The van der Waals surface area contributed by atoms with Gasteiger partial charge in [0.1, 0.15) is 23.5 Å². The van der Waals surface area contributed by atoms with Crippen LogP contribution in [0, 0.1) is 234 Å². The van der Waals surface area contributed by atoms with Crippen molar-refractivity contribution in [3.05, 3.63) is 142 Å². The molecule has 0 aliphatic heterocycles. The van der Waals surface area contributed by atoms with Crippen LogP contribution in [0.3, 0.4) is 0 Å². The first kappa shape index (κ1) is 107. The summed E-state index contributed by atoms with van der Waals surface area (Å²) >= 11 is 5.64. The predicted molar refractivity (Wildman–Crippen MR) is 582 cm³/mol. The highest BCUT2D eigenvalue weighted by atomic mass is 35.5. The van der Waals surface area contributed by atoms with Crippen LogP contribution in [0.5, 0.6) is 0 Å². The summed E-state index contributed by atoms with van der Waals surface area (Å²) in [6.07, 6.45) is 76.1. The molecule has 0 aromatic carbocycles. The lowest BCUT2D eigenvalue weighted by atomic mass is 9.48. The van der Waals surface area contributed by atoms with E-state index in [0.29, 0.717) is 117 Å². The third-order valence-corrected chi connectivity index (χ3v) is 49.4. The van der Waals surface area contributed by atoms with E-state index < -0.39 is 41.1 Å². The molecule has 17 nitrogen and oxygen atoms in total. The first-order chi connectivity index (χ1) is 71.5. The summed E-state index contributed by atoms with van der Waals surface area (Å²) in [6, 6.07) is 0. The van der Waals surface area contributed by atoms with Crippen molar-refractivity contribution in [2.45, 2.75) is 410 Å². The molecule has 0 radical (unpaired) electrons. The Morgan fingerprint density at radius 3 is 0.933 bits per heavy atom. The second-order valence-electron chi connectivity index (χ2n) is 56.5. The average Bonchev–Trinajstić information content (AvgIpc) is 1.65. The fraction of sp³-hybridized carbons (Fsp3) is 0.789. The maximum atomic E-state index is 13.4. The second-order valence-corrected chi connectivity index (χ2v) is 56.7. The molecule has 149 heavy (non-hydrogen) atoms. The lowest BCUT2D eigenvalue weighted by Crippen LogP contribution is -2.52. The molecular formula is C128H184ClF3N12O5. The number of imidazole rings is 3. The highest BCUT2D eigenvalue weighted by Gasteiger charge is 2.66. The molecule has 21 saturated carbocycles. The quantitative estimate of drug-likeness (QED) is 0.0434. The summed E-state index contributed by atoms with van der Waals surface area (Å²) in [7, 11) is 0. The van der Waals surface area contributed by atoms with Gasteiger partial charge in [0.15, 0.2) is 0 Å². The van der Waals surface area contributed by atoms with Crippen LogP contribution in [0.25, 0.3) is 0 Å². The highest BCUT2D eigenvalue weighted by molar-refractivity contribution is 6.30. The molecule has 26 rings (SSSR count). The summed E-state index contributed by atoms with van der Waals surface area (Å²) in [5.41, 5.74) is 3.99. The van der Waals surface area contributed by atoms with E-state index in [9.17, 15) is 38.7 Å².